The molecule has 0 bridgehead atoms. The SMILES string of the molecule is CC(=O)[O-].CC(=O)[O-].CC(=O)[O-].CC(=O)[O-].[Ba+2].[Mg+2]. The largest absolute Gasteiger partial charge is 2.00 e. The summed E-state index contributed by atoms with van der Waals surface area (Å²) in [5, 5.41) is 35.6. The van der Waals surface area contributed by atoms with E-state index in [4.69, 9.17) is 39.6 Å². The zero-order chi connectivity index (χ0) is 14.3. The van der Waals surface area contributed by atoms with E-state index in [1.54, 1.807) is 0 Å². The van der Waals surface area contributed by atoms with Crippen LogP contribution in [0.15, 0.2) is 0 Å². The molecule has 0 unspecified atom stereocenters. The van der Waals surface area contributed by atoms with Crippen molar-refractivity contribution in [3.63, 3.8) is 0 Å². The van der Waals surface area contributed by atoms with E-state index in [2.05, 4.69) is 0 Å². The Kier molecular flexibility index (Phi) is 61.0. The number of carbonyl (C=O) groups is 4. The van der Waals surface area contributed by atoms with Crippen LogP contribution in [0.4, 0.5) is 0 Å². The number of hydrogen-bond donors (Lipinski definition) is 0. The van der Waals surface area contributed by atoms with Crippen molar-refractivity contribution in [2.75, 3.05) is 0 Å². The minimum Gasteiger partial charge on any atom is -0.550 e. The van der Waals surface area contributed by atoms with Crippen molar-refractivity contribution >= 4 is 95.8 Å². The molecule has 96 valence electrons. The van der Waals surface area contributed by atoms with Crippen LogP contribution >= 0.6 is 0 Å². The monoisotopic (exact) mass is 398 g/mol. The van der Waals surface area contributed by atoms with E-state index in [-0.39, 0.29) is 71.9 Å². The molecule has 0 spiro atoms. The van der Waals surface area contributed by atoms with Crippen LogP contribution in [-0.2, 0) is 19.2 Å². The van der Waals surface area contributed by atoms with Gasteiger partial charge in [0, 0.05) is 23.9 Å². The molecule has 0 amide bonds. The molecule has 10 heteroatoms. The average molecular weight is 398 g/mol. The van der Waals surface area contributed by atoms with Crippen molar-refractivity contribution in [3.8, 4) is 0 Å². The van der Waals surface area contributed by atoms with E-state index in [0.717, 1.165) is 27.7 Å². The molecule has 0 aromatic rings. The first-order valence-corrected chi connectivity index (χ1v) is 3.63. The number of aliphatic carboxylic acids is 4. The molecule has 0 rings (SSSR count). The zero-order valence-electron chi connectivity index (χ0n) is 10.7. The smallest absolute Gasteiger partial charge is 0.550 e. The van der Waals surface area contributed by atoms with Crippen LogP contribution in [0.2, 0.25) is 0 Å². The maximum Gasteiger partial charge on any atom is 2.00 e. The van der Waals surface area contributed by atoms with E-state index in [1.807, 2.05) is 0 Å². The summed E-state index contributed by atoms with van der Waals surface area (Å²) >= 11 is 0. The molecule has 0 N–H and O–H groups in total. The van der Waals surface area contributed by atoms with Gasteiger partial charge in [-0.1, -0.05) is 0 Å². The van der Waals surface area contributed by atoms with Gasteiger partial charge in [0.05, 0.1) is 0 Å². The van der Waals surface area contributed by atoms with Gasteiger partial charge in [0.25, 0.3) is 0 Å². The summed E-state index contributed by atoms with van der Waals surface area (Å²) in [6, 6.07) is 0. The Morgan fingerprint density at radius 3 is 0.556 bits per heavy atom. The molecule has 0 radical (unpaired) electrons. The molecular formula is C8H12BaMgO8. The van der Waals surface area contributed by atoms with E-state index in [0.29, 0.717) is 0 Å². The molecule has 0 saturated heterocycles. The summed E-state index contributed by atoms with van der Waals surface area (Å²) in [7, 11) is 0. The first kappa shape index (κ1) is 36.2. The van der Waals surface area contributed by atoms with E-state index in [1.165, 1.54) is 0 Å². The third-order valence-electron chi connectivity index (χ3n) is 0. The van der Waals surface area contributed by atoms with Crippen LogP contribution < -0.4 is 20.4 Å². The Labute approximate surface area is 161 Å². The summed E-state index contributed by atoms with van der Waals surface area (Å²) < 4.78 is 0. The first-order valence-electron chi connectivity index (χ1n) is 3.63. The number of hydrogen-bond acceptors (Lipinski definition) is 8. The summed E-state index contributed by atoms with van der Waals surface area (Å²) in [5.41, 5.74) is 0. The number of carboxylic acid groups (broad SMARTS) is 4. The fourth-order valence-electron chi connectivity index (χ4n) is 0. The Balaban J connectivity index is -0.0000000257. The Morgan fingerprint density at radius 2 is 0.556 bits per heavy atom. The van der Waals surface area contributed by atoms with Gasteiger partial charge in [-0.05, 0) is 27.7 Å². The van der Waals surface area contributed by atoms with E-state index < -0.39 is 23.9 Å². The second-order valence-corrected chi connectivity index (χ2v) is 1.97. The number of carboxylic acids is 4. The predicted molar refractivity (Wildman–Crippen MR) is 54.2 cm³/mol. The van der Waals surface area contributed by atoms with Gasteiger partial charge in [0.2, 0.25) is 0 Å². The molecule has 0 atom stereocenters. The van der Waals surface area contributed by atoms with Gasteiger partial charge in [-0.3, -0.25) is 0 Å². The van der Waals surface area contributed by atoms with Crippen molar-refractivity contribution in [1.82, 2.24) is 0 Å². The van der Waals surface area contributed by atoms with E-state index in [9.17, 15) is 0 Å². The van der Waals surface area contributed by atoms with Gasteiger partial charge in [-0.2, -0.15) is 0 Å². The molecular weight excluding hydrogens is 386 g/mol. The molecule has 0 aliphatic rings. The maximum atomic E-state index is 8.89. The summed E-state index contributed by atoms with van der Waals surface area (Å²) in [5.74, 6) is -4.33. The Hall–Kier alpha value is 0.218. The van der Waals surface area contributed by atoms with Gasteiger partial charge in [-0.25, -0.2) is 0 Å². The van der Waals surface area contributed by atoms with E-state index >= 15 is 0 Å². The normalized spacial score (nSPS) is 5.56. The second kappa shape index (κ2) is 30.3. The van der Waals surface area contributed by atoms with Gasteiger partial charge < -0.3 is 39.6 Å². The third-order valence-corrected chi connectivity index (χ3v) is 0. The molecule has 0 aromatic heterocycles. The topological polar surface area (TPSA) is 161 Å². The van der Waals surface area contributed by atoms with Crippen LogP contribution in [0, 0.1) is 0 Å². The summed E-state index contributed by atoms with van der Waals surface area (Å²) in [6.07, 6.45) is 0. The van der Waals surface area contributed by atoms with Crippen molar-refractivity contribution in [2.24, 2.45) is 0 Å². The summed E-state index contributed by atoms with van der Waals surface area (Å²) in [6.45, 7) is 3.89. The van der Waals surface area contributed by atoms with Gasteiger partial charge in [-0.15, -0.1) is 0 Å². The Morgan fingerprint density at radius 1 is 0.556 bits per heavy atom. The second-order valence-electron chi connectivity index (χ2n) is 1.97. The van der Waals surface area contributed by atoms with Gasteiger partial charge in [0.1, 0.15) is 0 Å². The van der Waals surface area contributed by atoms with Crippen molar-refractivity contribution in [3.05, 3.63) is 0 Å². The molecule has 0 heterocycles. The zero-order valence-corrected chi connectivity index (χ0v) is 16.5. The fourth-order valence-corrected chi connectivity index (χ4v) is 0. The van der Waals surface area contributed by atoms with Crippen molar-refractivity contribution in [1.29, 1.82) is 0 Å². The van der Waals surface area contributed by atoms with Crippen LogP contribution in [0.25, 0.3) is 0 Å². The van der Waals surface area contributed by atoms with Crippen LogP contribution in [-0.4, -0.2) is 95.8 Å². The standard InChI is InChI=1S/4C2H4O2.Ba.Mg/c4*1-2(3)4;;/h4*1H3,(H,3,4);;/q;;;;2*+2/p-4. The minimum absolute atomic E-state index is 0. The molecule has 8 nitrogen and oxygen atoms in total. The van der Waals surface area contributed by atoms with Crippen LogP contribution in [0.1, 0.15) is 27.7 Å². The number of rotatable bonds is 0. The fraction of sp³-hybridized carbons (Fsp3) is 0.500. The Bertz CT molecular complexity index is 167. The molecule has 0 fully saturated rings. The maximum absolute atomic E-state index is 8.89. The van der Waals surface area contributed by atoms with Crippen molar-refractivity contribution < 1.29 is 39.6 Å². The van der Waals surface area contributed by atoms with Crippen LogP contribution in [0.5, 0.6) is 0 Å². The van der Waals surface area contributed by atoms with Gasteiger partial charge >= 0.3 is 71.9 Å². The molecule has 0 aliphatic heterocycles. The number of carbonyl (C=O) groups excluding carboxylic acids is 4. The average Bonchev–Trinajstić information content (AvgIpc) is 1.76. The third kappa shape index (κ3) is 79300. The molecule has 18 heavy (non-hydrogen) atoms. The minimum atomic E-state index is -1.08. The van der Waals surface area contributed by atoms with Gasteiger partial charge in [0.15, 0.2) is 0 Å². The molecule has 0 aromatic carbocycles. The molecule has 0 saturated carbocycles. The first-order chi connectivity index (χ1) is 6.93. The van der Waals surface area contributed by atoms with Crippen molar-refractivity contribution in [2.45, 2.75) is 27.7 Å². The predicted octanol–water partition coefficient (Wildman–Crippen LogP) is -5.74. The quantitative estimate of drug-likeness (QED) is 0.365. The molecule has 0 aliphatic carbocycles. The summed E-state index contributed by atoms with van der Waals surface area (Å²) in [4.78, 5) is 35.6. The van der Waals surface area contributed by atoms with Crippen LogP contribution in [0.3, 0.4) is 0 Å².